The molecule has 3 aromatic heterocycles. The van der Waals surface area contributed by atoms with Crippen LogP contribution in [0.4, 0.5) is 5.82 Å². The summed E-state index contributed by atoms with van der Waals surface area (Å²) in [4.78, 5) is 13.4. The number of pyridine rings is 1. The molecule has 3 rings (SSSR count). The summed E-state index contributed by atoms with van der Waals surface area (Å²) >= 11 is 0. The van der Waals surface area contributed by atoms with Gasteiger partial charge in [-0.3, -0.25) is 9.38 Å². The minimum atomic E-state index is 0.828. The molecule has 0 saturated heterocycles. The van der Waals surface area contributed by atoms with E-state index in [1.807, 2.05) is 38.2 Å². The van der Waals surface area contributed by atoms with Gasteiger partial charge in [0.1, 0.15) is 23.0 Å². The molecule has 20 heavy (non-hydrogen) atoms. The van der Waals surface area contributed by atoms with Crippen LogP contribution in [0.15, 0.2) is 30.6 Å². The number of hydrogen-bond donors (Lipinski definition) is 1. The second-order valence-corrected chi connectivity index (χ2v) is 4.72. The van der Waals surface area contributed by atoms with Crippen molar-refractivity contribution >= 4 is 11.5 Å². The van der Waals surface area contributed by atoms with E-state index in [9.17, 15) is 0 Å². The summed E-state index contributed by atoms with van der Waals surface area (Å²) in [5.41, 5.74) is 3.80. The van der Waals surface area contributed by atoms with Crippen LogP contribution in [0, 0.1) is 13.8 Å². The molecular formula is C15H17N5. The van der Waals surface area contributed by atoms with Gasteiger partial charge >= 0.3 is 0 Å². The first-order valence-electron chi connectivity index (χ1n) is 6.71. The van der Waals surface area contributed by atoms with E-state index in [-0.39, 0.29) is 0 Å². The maximum Gasteiger partial charge on any atom is 0.142 e. The van der Waals surface area contributed by atoms with Gasteiger partial charge in [0.25, 0.3) is 0 Å². The standard InChI is InChI=1S/C15H17N5/c1-4-17-15-14(12-6-5-7-16-9-12)19-13-8-10(2)18-11(3)20(13)15/h5-9,17H,4H2,1-3H3. The zero-order valence-corrected chi connectivity index (χ0v) is 11.9. The van der Waals surface area contributed by atoms with Gasteiger partial charge < -0.3 is 5.32 Å². The molecule has 0 saturated carbocycles. The third-order valence-corrected chi connectivity index (χ3v) is 3.18. The molecule has 1 N–H and O–H groups in total. The number of nitrogens with one attached hydrogen (secondary N) is 1. The van der Waals surface area contributed by atoms with E-state index >= 15 is 0 Å². The summed E-state index contributed by atoms with van der Waals surface area (Å²) in [6, 6.07) is 5.93. The van der Waals surface area contributed by atoms with Gasteiger partial charge in [0, 0.05) is 36.3 Å². The number of anilines is 1. The number of hydrogen-bond acceptors (Lipinski definition) is 4. The predicted octanol–water partition coefficient (Wildman–Crippen LogP) is 2.84. The van der Waals surface area contributed by atoms with Gasteiger partial charge in [-0.15, -0.1) is 0 Å². The molecule has 102 valence electrons. The Kier molecular flexibility index (Phi) is 3.10. The van der Waals surface area contributed by atoms with Crippen LogP contribution < -0.4 is 5.32 Å². The fraction of sp³-hybridized carbons (Fsp3) is 0.267. The zero-order valence-electron chi connectivity index (χ0n) is 11.9. The molecule has 0 aromatic carbocycles. The molecule has 0 aliphatic rings. The number of fused-ring (bicyclic) bond motifs is 1. The van der Waals surface area contributed by atoms with Crippen molar-refractivity contribution in [1.82, 2.24) is 19.4 Å². The topological polar surface area (TPSA) is 55.1 Å². The summed E-state index contributed by atoms with van der Waals surface area (Å²) in [5.74, 6) is 1.90. The first-order chi connectivity index (χ1) is 9.70. The molecule has 5 nitrogen and oxygen atoms in total. The lowest BCUT2D eigenvalue weighted by atomic mass is 10.2. The Morgan fingerprint density at radius 2 is 2.10 bits per heavy atom. The van der Waals surface area contributed by atoms with Crippen LogP contribution in [-0.4, -0.2) is 25.9 Å². The van der Waals surface area contributed by atoms with Gasteiger partial charge in [0.05, 0.1) is 0 Å². The smallest absolute Gasteiger partial charge is 0.142 e. The predicted molar refractivity (Wildman–Crippen MR) is 79.9 cm³/mol. The van der Waals surface area contributed by atoms with Crippen molar-refractivity contribution in [2.45, 2.75) is 20.8 Å². The Hall–Kier alpha value is -2.43. The van der Waals surface area contributed by atoms with Gasteiger partial charge in [-0.25, -0.2) is 9.97 Å². The molecule has 0 aliphatic carbocycles. The van der Waals surface area contributed by atoms with Crippen LogP contribution in [0.2, 0.25) is 0 Å². The first-order valence-corrected chi connectivity index (χ1v) is 6.71. The van der Waals surface area contributed by atoms with Crippen molar-refractivity contribution in [1.29, 1.82) is 0 Å². The van der Waals surface area contributed by atoms with Gasteiger partial charge in [0.2, 0.25) is 0 Å². The highest BCUT2D eigenvalue weighted by Crippen LogP contribution is 2.29. The Labute approximate surface area is 117 Å². The Balaban J connectivity index is 2.32. The summed E-state index contributed by atoms with van der Waals surface area (Å²) in [6.07, 6.45) is 3.60. The van der Waals surface area contributed by atoms with Crippen LogP contribution in [0.5, 0.6) is 0 Å². The van der Waals surface area contributed by atoms with Gasteiger partial charge in [-0.05, 0) is 32.9 Å². The largest absolute Gasteiger partial charge is 0.370 e. The Morgan fingerprint density at radius 3 is 2.80 bits per heavy atom. The van der Waals surface area contributed by atoms with Crippen LogP contribution in [0.25, 0.3) is 16.9 Å². The molecule has 3 aromatic rings. The van der Waals surface area contributed by atoms with Crippen LogP contribution in [0.1, 0.15) is 18.4 Å². The number of aromatic nitrogens is 4. The normalized spacial score (nSPS) is 10.9. The highest BCUT2D eigenvalue weighted by atomic mass is 15.2. The van der Waals surface area contributed by atoms with E-state index in [0.29, 0.717) is 0 Å². The van der Waals surface area contributed by atoms with Crippen LogP contribution in [0.3, 0.4) is 0 Å². The summed E-state index contributed by atoms with van der Waals surface area (Å²) in [7, 11) is 0. The lowest BCUT2D eigenvalue weighted by Gasteiger charge is -2.08. The summed E-state index contributed by atoms with van der Waals surface area (Å²) < 4.78 is 2.05. The van der Waals surface area contributed by atoms with Crippen molar-refractivity contribution < 1.29 is 0 Å². The molecule has 0 radical (unpaired) electrons. The minimum Gasteiger partial charge on any atom is -0.370 e. The van der Waals surface area contributed by atoms with E-state index in [1.165, 1.54) is 0 Å². The molecule has 0 spiro atoms. The molecule has 0 amide bonds. The van der Waals surface area contributed by atoms with Crippen LogP contribution in [-0.2, 0) is 0 Å². The van der Waals surface area contributed by atoms with Crippen molar-refractivity contribution in [3.8, 4) is 11.3 Å². The first kappa shape index (κ1) is 12.6. The van der Waals surface area contributed by atoms with E-state index in [1.54, 1.807) is 6.20 Å². The molecule has 0 aliphatic heterocycles. The second-order valence-electron chi connectivity index (χ2n) is 4.72. The average molecular weight is 267 g/mol. The molecule has 5 heteroatoms. The highest BCUT2D eigenvalue weighted by molar-refractivity contribution is 5.76. The third-order valence-electron chi connectivity index (χ3n) is 3.18. The van der Waals surface area contributed by atoms with E-state index < -0.39 is 0 Å². The Bertz CT molecular complexity index is 746. The van der Waals surface area contributed by atoms with Crippen molar-refractivity contribution in [2.24, 2.45) is 0 Å². The van der Waals surface area contributed by atoms with Crippen molar-refractivity contribution in [3.63, 3.8) is 0 Å². The fourth-order valence-electron chi connectivity index (χ4n) is 2.42. The summed E-state index contributed by atoms with van der Waals surface area (Å²) in [5, 5.41) is 3.39. The van der Waals surface area contributed by atoms with E-state index in [2.05, 4.69) is 26.6 Å². The molecule has 0 fully saturated rings. The monoisotopic (exact) mass is 267 g/mol. The Morgan fingerprint density at radius 1 is 1.25 bits per heavy atom. The van der Waals surface area contributed by atoms with Gasteiger partial charge in [-0.1, -0.05) is 0 Å². The lowest BCUT2D eigenvalue weighted by Crippen LogP contribution is -2.05. The number of imidazole rings is 1. The minimum absolute atomic E-state index is 0.828. The maximum absolute atomic E-state index is 4.74. The van der Waals surface area contributed by atoms with Gasteiger partial charge in [0.15, 0.2) is 0 Å². The van der Waals surface area contributed by atoms with Gasteiger partial charge in [-0.2, -0.15) is 0 Å². The van der Waals surface area contributed by atoms with Crippen LogP contribution >= 0.6 is 0 Å². The number of nitrogens with zero attached hydrogens (tertiary/aromatic N) is 4. The molecular weight excluding hydrogens is 250 g/mol. The summed E-state index contributed by atoms with van der Waals surface area (Å²) in [6.45, 7) is 6.88. The molecule has 0 atom stereocenters. The SMILES string of the molecule is CCNc1c(-c2cccnc2)nc2cc(C)nc(C)n12. The quantitative estimate of drug-likeness (QED) is 0.792. The third kappa shape index (κ3) is 2.01. The molecule has 0 unspecified atom stereocenters. The van der Waals surface area contributed by atoms with Crippen molar-refractivity contribution in [3.05, 3.63) is 42.1 Å². The zero-order chi connectivity index (χ0) is 14.1. The average Bonchev–Trinajstić information content (AvgIpc) is 2.79. The number of rotatable bonds is 3. The molecule has 0 bridgehead atoms. The molecule has 3 heterocycles. The maximum atomic E-state index is 4.74. The number of aryl methyl sites for hydroxylation is 2. The second kappa shape index (κ2) is 4.92. The van der Waals surface area contributed by atoms with E-state index in [4.69, 9.17) is 4.98 Å². The van der Waals surface area contributed by atoms with Crippen molar-refractivity contribution in [2.75, 3.05) is 11.9 Å². The highest BCUT2D eigenvalue weighted by Gasteiger charge is 2.15. The van der Waals surface area contributed by atoms with E-state index in [0.717, 1.165) is 40.8 Å². The lowest BCUT2D eigenvalue weighted by molar-refractivity contribution is 0.955. The fourth-order valence-corrected chi connectivity index (χ4v) is 2.42.